The van der Waals surface area contributed by atoms with Crippen molar-refractivity contribution >= 4 is 17.2 Å². The van der Waals surface area contributed by atoms with Gasteiger partial charge in [-0.1, -0.05) is 12.1 Å². The van der Waals surface area contributed by atoms with Gasteiger partial charge in [-0.05, 0) is 29.8 Å². The molecule has 0 fully saturated rings. The van der Waals surface area contributed by atoms with E-state index in [4.69, 9.17) is 19.9 Å². The fourth-order valence-corrected chi connectivity index (χ4v) is 3.41. The van der Waals surface area contributed by atoms with E-state index in [0.29, 0.717) is 46.5 Å². The first-order chi connectivity index (χ1) is 15.1. The van der Waals surface area contributed by atoms with Crippen LogP contribution in [-0.4, -0.2) is 35.9 Å². The van der Waals surface area contributed by atoms with Crippen LogP contribution >= 0.6 is 0 Å². The van der Waals surface area contributed by atoms with Crippen LogP contribution in [0.15, 0.2) is 42.6 Å². The van der Waals surface area contributed by atoms with Gasteiger partial charge >= 0.3 is 0 Å². The molecule has 0 saturated heterocycles. The topological polar surface area (TPSA) is 123 Å². The van der Waals surface area contributed by atoms with Crippen LogP contribution in [0.5, 0.6) is 17.2 Å². The molecule has 0 aliphatic rings. The predicted molar refractivity (Wildman–Crippen MR) is 117 cm³/mol. The van der Waals surface area contributed by atoms with Crippen molar-refractivity contribution in [1.82, 2.24) is 14.6 Å². The number of nitrogens with one attached hydrogen (secondary N) is 2. The predicted octanol–water partition coefficient (Wildman–Crippen LogP) is 3.43. The maximum absolute atomic E-state index is 9.46. The number of fused-ring (bicyclic) bond motifs is 1. The van der Waals surface area contributed by atoms with Crippen LogP contribution in [0.3, 0.4) is 0 Å². The number of methoxy groups -OCH3 is 3. The zero-order valence-corrected chi connectivity index (χ0v) is 17.4. The number of H-pyrrole nitrogens is 1. The summed E-state index contributed by atoms with van der Waals surface area (Å²) in [6, 6.07) is 13.6. The van der Waals surface area contributed by atoms with Crippen LogP contribution in [0.2, 0.25) is 0 Å². The monoisotopic (exact) mass is 418 g/mol. The smallest absolute Gasteiger partial charge is 0.203 e. The number of hydrogen-bond donors (Lipinski definition) is 3. The first-order valence-electron chi connectivity index (χ1n) is 9.49. The Balaban J connectivity index is 1.90. The summed E-state index contributed by atoms with van der Waals surface area (Å²) in [4.78, 5) is 3.31. The molecule has 0 radical (unpaired) electrons. The summed E-state index contributed by atoms with van der Waals surface area (Å²) in [6.45, 7) is 0.468. The number of hydrogen-bond acceptors (Lipinski definition) is 7. The third kappa shape index (κ3) is 3.49. The van der Waals surface area contributed by atoms with Gasteiger partial charge < -0.3 is 30.2 Å². The van der Waals surface area contributed by atoms with Crippen molar-refractivity contribution in [3.63, 3.8) is 0 Å². The van der Waals surface area contributed by atoms with E-state index in [2.05, 4.69) is 21.5 Å². The minimum atomic E-state index is 0.431. The highest BCUT2D eigenvalue weighted by atomic mass is 16.5. The molecule has 0 unspecified atom stereocenters. The van der Waals surface area contributed by atoms with E-state index in [0.717, 1.165) is 16.8 Å². The lowest BCUT2D eigenvalue weighted by molar-refractivity contribution is 0.324. The van der Waals surface area contributed by atoms with Crippen LogP contribution in [-0.2, 0) is 6.54 Å². The average Bonchev–Trinajstić information content (AvgIpc) is 3.38. The Morgan fingerprint density at radius 1 is 1.10 bits per heavy atom. The quantitative estimate of drug-likeness (QED) is 0.420. The summed E-state index contributed by atoms with van der Waals surface area (Å²) >= 11 is 0. The zero-order chi connectivity index (χ0) is 22.0. The Hall–Kier alpha value is -4.16. The van der Waals surface area contributed by atoms with Gasteiger partial charge in [0, 0.05) is 17.8 Å². The molecule has 0 spiro atoms. The number of nitriles is 1. The molecule has 0 bridgehead atoms. The van der Waals surface area contributed by atoms with Crippen molar-refractivity contribution in [2.45, 2.75) is 6.54 Å². The third-order valence-electron chi connectivity index (χ3n) is 4.99. The third-order valence-corrected chi connectivity index (χ3v) is 4.99. The second-order valence-corrected chi connectivity index (χ2v) is 6.72. The molecule has 0 saturated carbocycles. The zero-order valence-electron chi connectivity index (χ0n) is 17.4. The highest BCUT2D eigenvalue weighted by molar-refractivity contribution is 5.83. The van der Waals surface area contributed by atoms with Crippen LogP contribution in [0, 0.1) is 11.3 Å². The minimum absolute atomic E-state index is 0.431. The Morgan fingerprint density at radius 2 is 1.77 bits per heavy atom. The Kier molecular flexibility index (Phi) is 5.39. The maximum atomic E-state index is 9.46. The van der Waals surface area contributed by atoms with Gasteiger partial charge in [-0.3, -0.25) is 0 Å². The molecule has 0 amide bonds. The van der Waals surface area contributed by atoms with Crippen LogP contribution in [0.25, 0.3) is 16.9 Å². The summed E-state index contributed by atoms with van der Waals surface area (Å²) < 4.78 is 18.1. The van der Waals surface area contributed by atoms with Gasteiger partial charge in [-0.2, -0.15) is 14.9 Å². The highest BCUT2D eigenvalue weighted by Gasteiger charge is 2.21. The normalized spacial score (nSPS) is 10.7. The van der Waals surface area contributed by atoms with Crippen LogP contribution in [0.1, 0.15) is 11.1 Å². The number of nitrogens with two attached hydrogens (primary N) is 1. The van der Waals surface area contributed by atoms with E-state index in [1.54, 1.807) is 25.8 Å². The molecule has 4 N–H and O–H groups in total. The van der Waals surface area contributed by atoms with Gasteiger partial charge in [0.15, 0.2) is 23.0 Å². The van der Waals surface area contributed by atoms with Gasteiger partial charge in [0.1, 0.15) is 11.6 Å². The fraction of sp³-hybridized carbons (Fsp3) is 0.182. The molecule has 0 aliphatic heterocycles. The summed E-state index contributed by atoms with van der Waals surface area (Å²) in [5, 5.41) is 17.2. The van der Waals surface area contributed by atoms with Crippen molar-refractivity contribution in [1.29, 1.82) is 5.26 Å². The summed E-state index contributed by atoms with van der Waals surface area (Å²) in [6.07, 6.45) is 1.52. The van der Waals surface area contributed by atoms with Crippen molar-refractivity contribution in [3.05, 3.63) is 53.7 Å². The van der Waals surface area contributed by atoms with Crippen LogP contribution < -0.4 is 25.3 Å². The van der Waals surface area contributed by atoms with E-state index < -0.39 is 0 Å². The second-order valence-electron chi connectivity index (χ2n) is 6.72. The van der Waals surface area contributed by atoms with Crippen molar-refractivity contribution in [3.8, 4) is 34.6 Å². The standard InChI is InChI=1S/C22H22N6O3/c1-29-17-8-14(9-18(30-2)20(17)31-3)19-22(26-16-6-4-13(10-23)5-7-16)28-21(27-19)15(11-24)12-25-28/h4-9,12,26-27H,10,23H2,1-3H3. The van der Waals surface area contributed by atoms with Gasteiger partial charge in [0.05, 0.1) is 33.2 Å². The highest BCUT2D eigenvalue weighted by Crippen LogP contribution is 2.43. The molecular formula is C22H22N6O3. The molecule has 31 heavy (non-hydrogen) atoms. The molecule has 4 rings (SSSR count). The van der Waals surface area contributed by atoms with E-state index in [1.807, 2.05) is 36.4 Å². The van der Waals surface area contributed by atoms with Crippen molar-refractivity contribution in [2.24, 2.45) is 5.73 Å². The number of aromatic amines is 1. The lowest BCUT2D eigenvalue weighted by atomic mass is 10.1. The molecule has 2 aromatic carbocycles. The number of rotatable bonds is 7. The molecule has 0 aliphatic carbocycles. The number of benzene rings is 2. The Bertz CT molecular complexity index is 1240. The van der Waals surface area contributed by atoms with Crippen LogP contribution in [0.4, 0.5) is 11.5 Å². The number of aromatic nitrogens is 3. The van der Waals surface area contributed by atoms with E-state index in [-0.39, 0.29) is 0 Å². The molecule has 2 heterocycles. The Labute approximate surface area is 179 Å². The number of nitrogens with zero attached hydrogens (tertiary/aromatic N) is 3. The molecular weight excluding hydrogens is 396 g/mol. The summed E-state index contributed by atoms with van der Waals surface area (Å²) in [5.74, 6) is 2.19. The van der Waals surface area contributed by atoms with E-state index >= 15 is 0 Å². The molecule has 0 atom stereocenters. The molecule has 9 nitrogen and oxygen atoms in total. The first kappa shape index (κ1) is 20.1. The van der Waals surface area contributed by atoms with Crippen molar-refractivity contribution in [2.75, 3.05) is 26.6 Å². The minimum Gasteiger partial charge on any atom is -0.493 e. The molecule has 4 aromatic rings. The lowest BCUT2D eigenvalue weighted by Crippen LogP contribution is -2.00. The van der Waals surface area contributed by atoms with Gasteiger partial charge in [0.2, 0.25) is 5.75 Å². The average molecular weight is 418 g/mol. The number of imidazole rings is 1. The van der Waals surface area contributed by atoms with Crippen molar-refractivity contribution < 1.29 is 14.2 Å². The summed E-state index contributed by atoms with van der Waals surface area (Å²) in [5.41, 5.74) is 10.1. The lowest BCUT2D eigenvalue weighted by Gasteiger charge is -2.15. The SMILES string of the molecule is COc1cc(-c2[nH]c3c(C#N)cnn3c2Nc2ccc(CN)cc2)cc(OC)c1OC. The number of ether oxygens (including phenoxy) is 3. The largest absolute Gasteiger partial charge is 0.493 e. The Morgan fingerprint density at radius 3 is 2.32 bits per heavy atom. The van der Waals surface area contributed by atoms with Gasteiger partial charge in [-0.25, -0.2) is 0 Å². The van der Waals surface area contributed by atoms with Gasteiger partial charge in [-0.15, -0.1) is 0 Å². The molecule has 2 aromatic heterocycles. The molecule has 9 heteroatoms. The maximum Gasteiger partial charge on any atom is 0.203 e. The first-order valence-corrected chi connectivity index (χ1v) is 9.49. The van der Waals surface area contributed by atoms with E-state index in [1.165, 1.54) is 6.20 Å². The van der Waals surface area contributed by atoms with Gasteiger partial charge in [0.25, 0.3) is 0 Å². The van der Waals surface area contributed by atoms with E-state index in [9.17, 15) is 5.26 Å². The number of anilines is 2. The summed E-state index contributed by atoms with van der Waals surface area (Å²) in [7, 11) is 4.68. The second kappa shape index (κ2) is 8.30. The fourth-order valence-electron chi connectivity index (χ4n) is 3.41. The molecule has 158 valence electrons.